The third kappa shape index (κ3) is 3.27. The normalized spacial score (nSPS) is 13.2. The molecule has 0 amide bonds. The molecule has 1 N–H and O–H groups in total. The van der Waals surface area contributed by atoms with Gasteiger partial charge in [0.15, 0.2) is 0 Å². The molecule has 0 aliphatic heterocycles. The minimum Gasteiger partial charge on any atom is -0.310 e. The maximum absolute atomic E-state index is 4.28. The van der Waals surface area contributed by atoms with Gasteiger partial charge in [-0.15, -0.1) is 0 Å². The molecule has 0 spiro atoms. The number of halogens is 1. The average Bonchev–Trinajstić information content (AvgIpc) is 2.41. The van der Waals surface area contributed by atoms with E-state index >= 15 is 0 Å². The van der Waals surface area contributed by atoms with Crippen molar-refractivity contribution in [3.63, 3.8) is 0 Å². The lowest BCUT2D eigenvalue weighted by Crippen LogP contribution is -2.24. The number of nitrogens with one attached hydrogen (secondary N) is 1. The highest BCUT2D eigenvalue weighted by Crippen LogP contribution is 2.08. The van der Waals surface area contributed by atoms with Gasteiger partial charge in [-0.05, 0) is 35.9 Å². The molecule has 1 aromatic heterocycles. The number of nitrogens with zero attached hydrogens (tertiary/aromatic N) is 2. The summed E-state index contributed by atoms with van der Waals surface area (Å²) in [5.41, 5.74) is 1.28. The van der Waals surface area contributed by atoms with Crippen LogP contribution in [0.15, 0.2) is 6.20 Å². The lowest BCUT2D eigenvalue weighted by atomic mass is 10.2. The van der Waals surface area contributed by atoms with E-state index in [0.717, 1.165) is 16.7 Å². The van der Waals surface area contributed by atoms with Crippen molar-refractivity contribution >= 4 is 22.6 Å². The molecular formula is C9H16IN3. The molecule has 0 saturated carbocycles. The van der Waals surface area contributed by atoms with Crippen LogP contribution in [0.25, 0.3) is 0 Å². The molecule has 1 rings (SSSR count). The molecule has 1 heterocycles. The molecule has 0 fully saturated rings. The fourth-order valence-corrected chi connectivity index (χ4v) is 1.73. The van der Waals surface area contributed by atoms with Crippen LogP contribution < -0.4 is 5.32 Å². The Bertz CT molecular complexity index is 270. The summed E-state index contributed by atoms with van der Waals surface area (Å²) in [5.74, 6) is 0. The second kappa shape index (κ2) is 4.95. The Labute approximate surface area is 93.0 Å². The zero-order valence-corrected chi connectivity index (χ0v) is 10.5. The maximum Gasteiger partial charge on any atom is 0.127 e. The minimum atomic E-state index is 0.580. The lowest BCUT2D eigenvalue weighted by Gasteiger charge is -2.09. The number of hydrogen-bond donors (Lipinski definition) is 1. The first-order chi connectivity index (χ1) is 6.13. The molecule has 3 nitrogen and oxygen atoms in total. The molecule has 0 bridgehead atoms. The van der Waals surface area contributed by atoms with E-state index in [2.05, 4.69) is 53.1 Å². The van der Waals surface area contributed by atoms with Crippen molar-refractivity contribution < 1.29 is 0 Å². The second-order valence-corrected chi connectivity index (χ2v) is 4.33. The van der Waals surface area contributed by atoms with E-state index < -0.39 is 0 Å². The first-order valence-electron chi connectivity index (χ1n) is 4.55. The van der Waals surface area contributed by atoms with E-state index in [0.29, 0.717) is 6.04 Å². The predicted molar refractivity (Wildman–Crippen MR) is 62.5 cm³/mol. The Morgan fingerprint density at radius 1 is 1.69 bits per heavy atom. The molecule has 1 atom stereocenters. The van der Waals surface area contributed by atoms with Crippen LogP contribution in [0.3, 0.4) is 0 Å². The molecule has 0 aliphatic rings. The van der Waals surface area contributed by atoms with Gasteiger partial charge in [0.25, 0.3) is 0 Å². The molecule has 13 heavy (non-hydrogen) atoms. The van der Waals surface area contributed by atoms with Crippen LogP contribution in [0.2, 0.25) is 0 Å². The Kier molecular flexibility index (Phi) is 4.18. The quantitative estimate of drug-likeness (QED) is 0.860. The molecule has 0 aliphatic carbocycles. The smallest absolute Gasteiger partial charge is 0.127 e. The predicted octanol–water partition coefficient (Wildman–Crippen LogP) is 1.91. The van der Waals surface area contributed by atoms with Crippen LogP contribution in [0.5, 0.6) is 0 Å². The topological polar surface area (TPSA) is 29.9 Å². The van der Waals surface area contributed by atoms with Crippen molar-refractivity contribution in [1.29, 1.82) is 0 Å². The number of aromatic nitrogens is 2. The van der Waals surface area contributed by atoms with E-state index in [-0.39, 0.29) is 0 Å². The number of aryl methyl sites for hydroxylation is 1. The molecule has 1 aromatic rings. The zero-order valence-electron chi connectivity index (χ0n) is 8.34. The highest BCUT2D eigenvalue weighted by Gasteiger charge is 2.05. The largest absolute Gasteiger partial charge is 0.310 e. The van der Waals surface area contributed by atoms with Crippen molar-refractivity contribution in [1.82, 2.24) is 15.1 Å². The molecule has 0 unspecified atom stereocenters. The van der Waals surface area contributed by atoms with Gasteiger partial charge in [0.05, 0.1) is 0 Å². The van der Waals surface area contributed by atoms with Crippen LogP contribution in [-0.4, -0.2) is 15.8 Å². The van der Waals surface area contributed by atoms with Crippen molar-refractivity contribution in [2.75, 3.05) is 0 Å². The molecule has 0 radical (unpaired) electrons. The summed E-state index contributed by atoms with van der Waals surface area (Å²) in [6.45, 7) is 5.30. The fraction of sp³-hybridized carbons (Fsp3) is 0.667. The van der Waals surface area contributed by atoms with Gasteiger partial charge < -0.3 is 5.32 Å². The van der Waals surface area contributed by atoms with E-state index in [4.69, 9.17) is 0 Å². The molecule has 0 aromatic carbocycles. The van der Waals surface area contributed by atoms with Gasteiger partial charge in [0.1, 0.15) is 3.70 Å². The summed E-state index contributed by atoms with van der Waals surface area (Å²) in [6, 6.07) is 0.580. The van der Waals surface area contributed by atoms with Gasteiger partial charge >= 0.3 is 0 Å². The third-order valence-electron chi connectivity index (χ3n) is 2.11. The summed E-state index contributed by atoms with van der Waals surface area (Å²) in [7, 11) is 1.95. The fourth-order valence-electron chi connectivity index (χ4n) is 1.06. The van der Waals surface area contributed by atoms with Gasteiger partial charge in [0, 0.05) is 31.4 Å². The van der Waals surface area contributed by atoms with Gasteiger partial charge in [-0.1, -0.05) is 6.92 Å². The summed E-state index contributed by atoms with van der Waals surface area (Å²) in [6.07, 6.45) is 3.23. The summed E-state index contributed by atoms with van der Waals surface area (Å²) in [5, 5.41) is 7.72. The van der Waals surface area contributed by atoms with Crippen molar-refractivity contribution in [2.24, 2.45) is 7.05 Å². The summed E-state index contributed by atoms with van der Waals surface area (Å²) >= 11 is 2.27. The van der Waals surface area contributed by atoms with E-state index in [1.54, 1.807) is 0 Å². The van der Waals surface area contributed by atoms with Crippen LogP contribution in [0.1, 0.15) is 25.8 Å². The van der Waals surface area contributed by atoms with Crippen LogP contribution in [-0.2, 0) is 13.6 Å². The van der Waals surface area contributed by atoms with E-state index in [1.807, 2.05) is 11.7 Å². The highest BCUT2D eigenvalue weighted by molar-refractivity contribution is 14.1. The summed E-state index contributed by atoms with van der Waals surface area (Å²) in [4.78, 5) is 0. The highest BCUT2D eigenvalue weighted by atomic mass is 127. The van der Waals surface area contributed by atoms with Crippen LogP contribution in [0, 0.1) is 3.70 Å². The van der Waals surface area contributed by atoms with Gasteiger partial charge in [-0.3, -0.25) is 4.68 Å². The zero-order chi connectivity index (χ0) is 9.84. The van der Waals surface area contributed by atoms with Crippen molar-refractivity contribution in [2.45, 2.75) is 32.9 Å². The van der Waals surface area contributed by atoms with Crippen molar-refractivity contribution in [3.8, 4) is 0 Å². The van der Waals surface area contributed by atoms with E-state index in [9.17, 15) is 0 Å². The van der Waals surface area contributed by atoms with Gasteiger partial charge in [0.2, 0.25) is 0 Å². The first kappa shape index (κ1) is 11.0. The number of rotatable bonds is 4. The van der Waals surface area contributed by atoms with E-state index in [1.165, 1.54) is 5.56 Å². The monoisotopic (exact) mass is 293 g/mol. The Morgan fingerprint density at radius 2 is 2.38 bits per heavy atom. The summed E-state index contributed by atoms with van der Waals surface area (Å²) < 4.78 is 2.95. The Morgan fingerprint density at radius 3 is 2.85 bits per heavy atom. The van der Waals surface area contributed by atoms with Crippen LogP contribution in [0.4, 0.5) is 0 Å². The molecule has 74 valence electrons. The van der Waals surface area contributed by atoms with Crippen LogP contribution >= 0.6 is 22.6 Å². The standard InChI is InChI=1S/C9H16IN3/c1-4-7(2)11-5-8-6-13(3)12-9(8)10/h6-7,11H,4-5H2,1-3H3/t7-/m1/s1. The van der Waals surface area contributed by atoms with Crippen molar-refractivity contribution in [3.05, 3.63) is 15.5 Å². The lowest BCUT2D eigenvalue weighted by molar-refractivity contribution is 0.533. The number of hydrogen-bond acceptors (Lipinski definition) is 2. The van der Waals surface area contributed by atoms with Gasteiger partial charge in [-0.25, -0.2) is 0 Å². The second-order valence-electron chi connectivity index (χ2n) is 3.31. The molecule has 4 heteroatoms. The molecular weight excluding hydrogens is 277 g/mol. The molecule has 0 saturated heterocycles. The Balaban J connectivity index is 2.49. The van der Waals surface area contributed by atoms with Gasteiger partial charge in [-0.2, -0.15) is 5.10 Å². The Hall–Kier alpha value is -0.100. The third-order valence-corrected chi connectivity index (χ3v) is 3.02. The minimum absolute atomic E-state index is 0.580. The SMILES string of the molecule is CC[C@@H](C)NCc1cn(C)nc1I. The average molecular weight is 293 g/mol. The maximum atomic E-state index is 4.28. The first-order valence-corrected chi connectivity index (χ1v) is 5.62.